The van der Waals surface area contributed by atoms with Crippen LogP contribution in [-0.2, 0) is 9.53 Å². The highest BCUT2D eigenvalue weighted by Crippen LogP contribution is 2.93. The van der Waals surface area contributed by atoms with E-state index in [0.29, 0.717) is 34.2 Å². The molecule has 0 aromatic carbocycles. The van der Waals surface area contributed by atoms with E-state index in [1.807, 2.05) is 0 Å². The number of ether oxygens (including phenoxy) is 1. The van der Waals surface area contributed by atoms with Gasteiger partial charge in [-0.1, -0.05) is 19.4 Å². The van der Waals surface area contributed by atoms with Crippen LogP contribution in [0.15, 0.2) is 11.6 Å². The summed E-state index contributed by atoms with van der Waals surface area (Å²) in [6.07, 6.45) is 15.2. The maximum atomic E-state index is 12.2. The lowest BCUT2D eigenvalue weighted by Gasteiger charge is -2.60. The standard InChI is InChI=1S/C29H40ClNO2/c1-17-11-24-25(31(15-17)10-9-30)23-14-28-16-27(28)13-22-20(21(27)6-8-29(23,28)33-24)4-3-18-12-19(32)5-7-26(18,22)2/h12,17,20-25H,3-11,13-16H2,1-2H3/t17-,20?,21-,22-,23+,24+,25-,26-,27?,28?,29+/m0/s1. The van der Waals surface area contributed by atoms with Crippen LogP contribution in [-0.4, -0.2) is 47.4 Å². The molecule has 0 aromatic heterocycles. The van der Waals surface area contributed by atoms with Gasteiger partial charge in [-0.3, -0.25) is 9.69 Å². The third kappa shape index (κ3) is 2.19. The van der Waals surface area contributed by atoms with Crippen LogP contribution in [0.4, 0.5) is 0 Å². The molecule has 11 atom stereocenters. The molecule has 0 bridgehead atoms. The Labute approximate surface area is 204 Å². The maximum Gasteiger partial charge on any atom is 0.155 e. The summed E-state index contributed by atoms with van der Waals surface area (Å²) in [6, 6.07) is 0.625. The van der Waals surface area contributed by atoms with E-state index in [0.717, 1.165) is 54.9 Å². The molecular formula is C29H40ClNO2. The van der Waals surface area contributed by atoms with Gasteiger partial charge in [0.2, 0.25) is 0 Å². The molecule has 33 heavy (non-hydrogen) atoms. The zero-order valence-electron chi connectivity index (χ0n) is 20.5. The summed E-state index contributed by atoms with van der Waals surface area (Å²) in [5, 5.41) is 0. The van der Waals surface area contributed by atoms with E-state index in [1.165, 1.54) is 63.5 Å². The molecule has 2 saturated heterocycles. The van der Waals surface area contributed by atoms with Crippen molar-refractivity contribution < 1.29 is 9.53 Å². The van der Waals surface area contributed by atoms with E-state index in [9.17, 15) is 4.79 Å². The summed E-state index contributed by atoms with van der Waals surface area (Å²) in [6.45, 7) is 7.18. The van der Waals surface area contributed by atoms with Crippen molar-refractivity contribution in [2.75, 3.05) is 19.0 Å². The van der Waals surface area contributed by atoms with Crippen LogP contribution in [0, 0.1) is 45.8 Å². The number of piperidine rings is 1. The first-order valence-corrected chi connectivity index (χ1v) is 14.6. The number of hydrogen-bond acceptors (Lipinski definition) is 3. The molecule has 180 valence electrons. The molecule has 0 aromatic rings. The van der Waals surface area contributed by atoms with E-state index in [-0.39, 0.29) is 5.60 Å². The summed E-state index contributed by atoms with van der Waals surface area (Å²) >= 11 is 6.26. The average Bonchev–Trinajstić information content (AvgIpc) is 3.25. The van der Waals surface area contributed by atoms with Gasteiger partial charge in [0.15, 0.2) is 5.78 Å². The zero-order chi connectivity index (χ0) is 22.4. The molecule has 3 unspecified atom stereocenters. The van der Waals surface area contributed by atoms with Crippen LogP contribution in [0.25, 0.3) is 0 Å². The van der Waals surface area contributed by atoms with Crippen LogP contribution in [0.1, 0.15) is 78.1 Å². The largest absolute Gasteiger partial charge is 0.369 e. The fourth-order valence-electron chi connectivity index (χ4n) is 12.2. The molecule has 8 aliphatic rings. The van der Waals surface area contributed by atoms with Crippen molar-refractivity contribution in [3.8, 4) is 0 Å². The molecule has 0 N–H and O–H groups in total. The van der Waals surface area contributed by atoms with Gasteiger partial charge >= 0.3 is 0 Å². The normalized spacial score (nSPS) is 60.3. The second kappa shape index (κ2) is 6.30. The number of carbonyl (C=O) groups is 1. The Hall–Kier alpha value is -0.380. The number of allylic oxidation sites excluding steroid dienone is 2. The molecule has 3 nitrogen and oxygen atoms in total. The Morgan fingerprint density at radius 3 is 2.88 bits per heavy atom. The fourth-order valence-corrected chi connectivity index (χ4v) is 12.4. The van der Waals surface area contributed by atoms with Gasteiger partial charge in [-0.25, -0.2) is 0 Å². The van der Waals surface area contributed by atoms with E-state index >= 15 is 0 Å². The predicted octanol–water partition coefficient (Wildman–Crippen LogP) is 5.61. The molecule has 2 heterocycles. The van der Waals surface area contributed by atoms with E-state index in [1.54, 1.807) is 0 Å². The van der Waals surface area contributed by atoms with Crippen LogP contribution >= 0.6 is 11.6 Å². The van der Waals surface area contributed by atoms with Crippen LogP contribution in [0.5, 0.6) is 0 Å². The zero-order valence-corrected chi connectivity index (χ0v) is 21.2. The molecule has 3 spiro atoms. The number of ketones is 1. The summed E-state index contributed by atoms with van der Waals surface area (Å²) < 4.78 is 7.31. The Morgan fingerprint density at radius 1 is 1.15 bits per heavy atom. The van der Waals surface area contributed by atoms with Crippen LogP contribution in [0.3, 0.4) is 0 Å². The SMILES string of the molecule is C[C@H]1C[C@H]2O[C@@]34CC[C@H]5C6CCC7=CC(=O)CC[C@]7(C)[C@H]6CC56CC63C[C@@H]4[C@@H]2N(CCCl)C1. The summed E-state index contributed by atoms with van der Waals surface area (Å²) in [5.74, 6) is 5.22. The predicted molar refractivity (Wildman–Crippen MR) is 129 cm³/mol. The first-order valence-electron chi connectivity index (χ1n) is 14.1. The monoisotopic (exact) mass is 469 g/mol. The van der Waals surface area contributed by atoms with E-state index in [4.69, 9.17) is 16.3 Å². The topological polar surface area (TPSA) is 29.5 Å². The molecule has 0 radical (unpaired) electrons. The number of alkyl halides is 1. The summed E-state index contributed by atoms with van der Waals surface area (Å²) in [7, 11) is 0. The van der Waals surface area contributed by atoms with Gasteiger partial charge in [-0.15, -0.1) is 11.6 Å². The molecule has 0 amide bonds. The van der Waals surface area contributed by atoms with Crippen molar-refractivity contribution in [2.24, 2.45) is 45.8 Å². The lowest BCUT2D eigenvalue weighted by molar-refractivity contribution is -0.211. The number of fused-ring (bicyclic) bond motifs is 6. The van der Waals surface area contributed by atoms with Gasteiger partial charge in [0.05, 0.1) is 11.7 Å². The van der Waals surface area contributed by atoms with Crippen molar-refractivity contribution >= 4 is 17.4 Å². The Kier molecular flexibility index (Phi) is 3.96. The molecule has 6 aliphatic carbocycles. The van der Waals surface area contributed by atoms with Gasteiger partial charge in [0.25, 0.3) is 0 Å². The Bertz CT molecular complexity index is 963. The van der Waals surface area contributed by atoms with E-state index < -0.39 is 0 Å². The number of halogens is 1. The highest BCUT2D eigenvalue weighted by molar-refractivity contribution is 6.18. The minimum atomic E-state index is 0.184. The highest BCUT2D eigenvalue weighted by atomic mass is 35.5. The molecule has 4 heteroatoms. The van der Waals surface area contributed by atoms with Crippen molar-refractivity contribution in [1.82, 2.24) is 4.90 Å². The minimum absolute atomic E-state index is 0.184. The first kappa shape index (κ1) is 20.8. The molecular weight excluding hydrogens is 430 g/mol. The number of carbonyl (C=O) groups excluding carboxylic acids is 1. The number of hydrogen-bond donors (Lipinski definition) is 0. The van der Waals surface area contributed by atoms with Crippen molar-refractivity contribution in [1.29, 1.82) is 0 Å². The third-order valence-corrected chi connectivity index (χ3v) is 13.4. The molecule has 8 rings (SSSR count). The third-order valence-electron chi connectivity index (χ3n) is 13.2. The quantitative estimate of drug-likeness (QED) is 0.492. The lowest BCUT2D eigenvalue weighted by atomic mass is 9.47. The molecule has 7 fully saturated rings. The lowest BCUT2D eigenvalue weighted by Crippen LogP contribution is -2.64. The molecule has 5 saturated carbocycles. The van der Waals surface area contributed by atoms with Crippen molar-refractivity contribution in [3.63, 3.8) is 0 Å². The van der Waals surface area contributed by atoms with Crippen molar-refractivity contribution in [3.05, 3.63) is 11.6 Å². The molecule has 2 aliphatic heterocycles. The summed E-state index contributed by atoms with van der Waals surface area (Å²) in [5.41, 5.74) is 3.04. The van der Waals surface area contributed by atoms with Gasteiger partial charge in [-0.2, -0.15) is 0 Å². The number of likely N-dealkylation sites (tertiary alicyclic amines) is 1. The number of rotatable bonds is 2. The van der Waals surface area contributed by atoms with Gasteiger partial charge in [-0.05, 0) is 98.4 Å². The van der Waals surface area contributed by atoms with E-state index in [2.05, 4.69) is 24.8 Å². The number of nitrogens with zero attached hydrogens (tertiary/aromatic N) is 1. The summed E-state index contributed by atoms with van der Waals surface area (Å²) in [4.78, 5) is 14.9. The average molecular weight is 470 g/mol. The van der Waals surface area contributed by atoms with Crippen LogP contribution < -0.4 is 0 Å². The smallest absolute Gasteiger partial charge is 0.155 e. The highest BCUT2D eigenvalue weighted by Gasteiger charge is 2.91. The second-order valence-corrected chi connectivity index (χ2v) is 14.4. The van der Waals surface area contributed by atoms with Crippen LogP contribution in [0.2, 0.25) is 0 Å². The van der Waals surface area contributed by atoms with Gasteiger partial charge in [0.1, 0.15) is 0 Å². The Balaban J connectivity index is 1.13. The second-order valence-electron chi connectivity index (χ2n) is 14.0. The maximum absolute atomic E-state index is 12.2. The van der Waals surface area contributed by atoms with Gasteiger partial charge in [0, 0.05) is 42.8 Å². The fraction of sp³-hybridized carbons (Fsp3) is 0.897. The first-order chi connectivity index (χ1) is 15.9. The Morgan fingerprint density at radius 2 is 2.03 bits per heavy atom. The van der Waals surface area contributed by atoms with Crippen molar-refractivity contribution in [2.45, 2.75) is 95.8 Å². The minimum Gasteiger partial charge on any atom is -0.369 e. The van der Waals surface area contributed by atoms with Gasteiger partial charge < -0.3 is 4.74 Å².